The minimum absolute atomic E-state index is 0.0429. The summed E-state index contributed by atoms with van der Waals surface area (Å²) in [5.41, 5.74) is 2.86. The Morgan fingerprint density at radius 3 is 1.92 bits per heavy atom. The van der Waals surface area contributed by atoms with Crippen LogP contribution in [-0.2, 0) is 20.6 Å². The molecule has 0 aromatic heterocycles. The van der Waals surface area contributed by atoms with E-state index in [0.29, 0.717) is 48.1 Å². The second-order valence-corrected chi connectivity index (χ2v) is 13.0. The first-order valence-corrected chi connectivity index (χ1v) is 15.7. The second-order valence-electron chi connectivity index (χ2n) is 10.2. The lowest BCUT2D eigenvalue weighted by atomic mass is 9.95. The molecule has 2 saturated heterocycles. The minimum atomic E-state index is -3.67. The van der Waals surface area contributed by atoms with E-state index in [9.17, 15) is 13.2 Å². The molecule has 3 aromatic rings. The Labute approximate surface area is 241 Å². The Morgan fingerprint density at radius 2 is 1.36 bits per heavy atom. The van der Waals surface area contributed by atoms with E-state index in [-0.39, 0.29) is 30.2 Å². The van der Waals surface area contributed by atoms with Crippen LogP contribution in [0.25, 0.3) is 0 Å². The van der Waals surface area contributed by atoms with Crippen molar-refractivity contribution in [3.05, 3.63) is 106 Å². The van der Waals surface area contributed by atoms with Gasteiger partial charge in [-0.05, 0) is 36.1 Å². The van der Waals surface area contributed by atoms with Crippen molar-refractivity contribution in [3.63, 3.8) is 0 Å². The van der Waals surface area contributed by atoms with Gasteiger partial charge in [-0.2, -0.15) is 0 Å². The zero-order chi connectivity index (χ0) is 27.4. The zero-order valence-electron chi connectivity index (χ0n) is 21.8. The lowest BCUT2D eigenvalue weighted by Crippen LogP contribution is -2.53. The van der Waals surface area contributed by atoms with Gasteiger partial charge >= 0.3 is 0 Å². The van der Waals surface area contributed by atoms with Gasteiger partial charge in [-0.1, -0.05) is 89.9 Å². The molecule has 1 atom stereocenters. The van der Waals surface area contributed by atoms with Crippen molar-refractivity contribution in [2.45, 2.75) is 24.6 Å². The van der Waals surface area contributed by atoms with E-state index >= 15 is 0 Å². The number of sulfonamides is 1. The molecule has 2 aliphatic rings. The standard InChI is InChI=1S/C30H33Cl2N3O3S/c31-27-14-7-15-28(32)26(27)22-39(37,38)35-16-8-13-25(21-35)30(36)34-19-17-33(18-20-34)29(23-9-3-1-4-10-23)24-11-5-2-6-12-24/h1-7,9-12,14-15,25,29H,8,13,16-22H2/t25-/m0/s1. The number of piperazine rings is 1. The molecule has 0 aliphatic carbocycles. The monoisotopic (exact) mass is 585 g/mol. The first-order valence-electron chi connectivity index (χ1n) is 13.4. The molecular weight excluding hydrogens is 553 g/mol. The summed E-state index contributed by atoms with van der Waals surface area (Å²) in [6, 6.07) is 26.0. The van der Waals surface area contributed by atoms with Gasteiger partial charge in [-0.25, -0.2) is 12.7 Å². The van der Waals surface area contributed by atoms with E-state index in [1.54, 1.807) is 18.2 Å². The molecule has 9 heteroatoms. The number of hydrogen-bond donors (Lipinski definition) is 0. The summed E-state index contributed by atoms with van der Waals surface area (Å²) in [5.74, 6) is -0.576. The van der Waals surface area contributed by atoms with E-state index in [2.05, 4.69) is 53.4 Å². The number of carbonyl (C=O) groups excluding carboxylic acids is 1. The molecule has 206 valence electrons. The van der Waals surface area contributed by atoms with Crippen LogP contribution in [0.15, 0.2) is 78.9 Å². The van der Waals surface area contributed by atoms with Crippen LogP contribution in [0.2, 0.25) is 10.0 Å². The highest BCUT2D eigenvalue weighted by Crippen LogP contribution is 2.31. The highest BCUT2D eigenvalue weighted by molar-refractivity contribution is 7.88. The highest BCUT2D eigenvalue weighted by atomic mass is 35.5. The molecule has 0 spiro atoms. The van der Waals surface area contributed by atoms with Crippen LogP contribution >= 0.6 is 23.2 Å². The molecule has 0 N–H and O–H groups in total. The molecule has 1 amide bonds. The fourth-order valence-corrected chi connectivity index (χ4v) is 8.05. The maximum atomic E-state index is 13.6. The molecule has 2 heterocycles. The number of halogens is 2. The van der Waals surface area contributed by atoms with Crippen LogP contribution < -0.4 is 0 Å². The molecule has 39 heavy (non-hydrogen) atoms. The molecule has 0 radical (unpaired) electrons. The number of amides is 1. The van der Waals surface area contributed by atoms with Crippen molar-refractivity contribution in [1.29, 1.82) is 0 Å². The van der Waals surface area contributed by atoms with Gasteiger partial charge in [-0.15, -0.1) is 0 Å². The molecule has 0 saturated carbocycles. The third-order valence-corrected chi connectivity index (χ3v) is 10.2. The van der Waals surface area contributed by atoms with Gasteiger partial charge in [0.15, 0.2) is 0 Å². The van der Waals surface area contributed by atoms with E-state index in [1.165, 1.54) is 15.4 Å². The number of carbonyl (C=O) groups is 1. The summed E-state index contributed by atoms with van der Waals surface area (Å²) in [7, 11) is -3.67. The predicted octanol–water partition coefficient (Wildman–Crippen LogP) is 5.47. The van der Waals surface area contributed by atoms with Crippen molar-refractivity contribution in [1.82, 2.24) is 14.1 Å². The molecule has 6 nitrogen and oxygen atoms in total. The highest BCUT2D eigenvalue weighted by Gasteiger charge is 2.36. The number of rotatable bonds is 7. The topological polar surface area (TPSA) is 60.9 Å². The normalized spacial score (nSPS) is 19.4. The van der Waals surface area contributed by atoms with Crippen LogP contribution in [-0.4, -0.2) is 67.7 Å². The third kappa shape index (κ3) is 6.50. The summed E-state index contributed by atoms with van der Waals surface area (Å²) in [4.78, 5) is 17.9. The predicted molar refractivity (Wildman–Crippen MR) is 156 cm³/mol. The lowest BCUT2D eigenvalue weighted by molar-refractivity contribution is -0.138. The second kappa shape index (κ2) is 12.4. The van der Waals surface area contributed by atoms with E-state index in [0.717, 1.165) is 13.1 Å². The lowest BCUT2D eigenvalue weighted by Gasteiger charge is -2.41. The van der Waals surface area contributed by atoms with Gasteiger partial charge in [0.05, 0.1) is 17.7 Å². The summed E-state index contributed by atoms with van der Waals surface area (Å²) in [6.07, 6.45) is 1.34. The fourth-order valence-electron chi connectivity index (χ4n) is 5.68. The number of piperidine rings is 1. The Balaban J connectivity index is 1.24. The first-order chi connectivity index (χ1) is 18.8. The van der Waals surface area contributed by atoms with Crippen LogP contribution in [0, 0.1) is 5.92 Å². The van der Waals surface area contributed by atoms with E-state index in [1.807, 2.05) is 17.0 Å². The first kappa shape index (κ1) is 28.1. The van der Waals surface area contributed by atoms with E-state index in [4.69, 9.17) is 23.2 Å². The van der Waals surface area contributed by atoms with Gasteiger partial charge in [0.25, 0.3) is 0 Å². The van der Waals surface area contributed by atoms with Gasteiger partial charge < -0.3 is 4.90 Å². The molecule has 2 fully saturated rings. The van der Waals surface area contributed by atoms with Crippen molar-refractivity contribution in [2.24, 2.45) is 5.92 Å². The van der Waals surface area contributed by atoms with Gasteiger partial charge in [0.2, 0.25) is 15.9 Å². The Kier molecular flexibility index (Phi) is 8.94. The summed E-state index contributed by atoms with van der Waals surface area (Å²) in [6.45, 7) is 3.33. The number of hydrogen-bond acceptors (Lipinski definition) is 4. The Hall–Kier alpha value is -2.42. The zero-order valence-corrected chi connectivity index (χ0v) is 24.1. The van der Waals surface area contributed by atoms with Crippen LogP contribution in [0.5, 0.6) is 0 Å². The summed E-state index contributed by atoms with van der Waals surface area (Å²) >= 11 is 12.5. The van der Waals surface area contributed by atoms with E-state index < -0.39 is 10.0 Å². The number of nitrogens with zero attached hydrogens (tertiary/aromatic N) is 3. The van der Waals surface area contributed by atoms with Gasteiger partial charge in [0.1, 0.15) is 0 Å². The number of benzene rings is 3. The Bertz CT molecular complexity index is 1320. The maximum Gasteiger partial charge on any atom is 0.227 e. The molecule has 2 aliphatic heterocycles. The van der Waals surface area contributed by atoms with Crippen molar-refractivity contribution >= 4 is 39.1 Å². The SMILES string of the molecule is O=C([C@H]1CCCN(S(=O)(=O)Cc2c(Cl)cccc2Cl)C1)N1CCN(C(c2ccccc2)c2ccccc2)CC1. The third-order valence-electron chi connectivity index (χ3n) is 7.74. The van der Waals surface area contributed by atoms with Crippen LogP contribution in [0.4, 0.5) is 0 Å². The molecule has 5 rings (SSSR count). The van der Waals surface area contributed by atoms with Crippen molar-refractivity contribution in [3.8, 4) is 0 Å². The maximum absolute atomic E-state index is 13.6. The van der Waals surface area contributed by atoms with Crippen LogP contribution in [0.1, 0.15) is 35.6 Å². The van der Waals surface area contributed by atoms with Gasteiger partial charge in [-0.3, -0.25) is 9.69 Å². The van der Waals surface area contributed by atoms with Crippen LogP contribution in [0.3, 0.4) is 0 Å². The fraction of sp³-hybridized carbons (Fsp3) is 0.367. The quantitative estimate of drug-likeness (QED) is 0.369. The van der Waals surface area contributed by atoms with Crippen molar-refractivity contribution in [2.75, 3.05) is 39.3 Å². The minimum Gasteiger partial charge on any atom is -0.340 e. The molecular formula is C30H33Cl2N3O3S. The smallest absolute Gasteiger partial charge is 0.227 e. The molecule has 0 unspecified atom stereocenters. The average Bonchev–Trinajstić information content (AvgIpc) is 2.96. The van der Waals surface area contributed by atoms with Gasteiger partial charge in [0, 0.05) is 54.9 Å². The average molecular weight is 587 g/mol. The largest absolute Gasteiger partial charge is 0.340 e. The summed E-state index contributed by atoms with van der Waals surface area (Å²) in [5, 5.41) is 0.663. The Morgan fingerprint density at radius 1 is 0.795 bits per heavy atom. The van der Waals surface area contributed by atoms with Crippen molar-refractivity contribution < 1.29 is 13.2 Å². The molecule has 0 bridgehead atoms. The summed E-state index contributed by atoms with van der Waals surface area (Å²) < 4.78 is 28.0. The molecule has 3 aromatic carbocycles.